The van der Waals surface area contributed by atoms with Gasteiger partial charge in [-0.05, 0) is 52.8 Å². The molecule has 0 amide bonds. The molecule has 25 heavy (non-hydrogen) atoms. The van der Waals surface area contributed by atoms with E-state index in [0.717, 1.165) is 11.2 Å². The molecule has 2 aromatic heterocycles. The van der Waals surface area contributed by atoms with Crippen LogP contribution in [0.15, 0.2) is 36.7 Å². The van der Waals surface area contributed by atoms with Crippen LogP contribution in [0.2, 0.25) is 0 Å². The summed E-state index contributed by atoms with van der Waals surface area (Å²) in [6.07, 6.45) is 3.15. The molecule has 1 saturated heterocycles. The Labute approximate surface area is 148 Å². The number of ether oxygens (including phenoxy) is 1. The standard InChI is InChI=1S/C18H24BN3O3/c1-12(14-8-6-7-9-21-14)23-15-10-13(11-22-16(15)20)19-24-17(2,3)18(4,5)25-19/h6-12H,1-5H3,(H2,20,22)/t12-/m1/s1. The maximum Gasteiger partial charge on any atom is 0.496 e. The molecule has 0 aliphatic carbocycles. The Morgan fingerprint density at radius 2 is 1.80 bits per heavy atom. The minimum absolute atomic E-state index is 0.251. The Morgan fingerprint density at radius 1 is 1.12 bits per heavy atom. The van der Waals surface area contributed by atoms with E-state index in [1.165, 1.54) is 0 Å². The first-order valence-electron chi connectivity index (χ1n) is 8.38. The lowest BCUT2D eigenvalue weighted by Gasteiger charge is -2.32. The van der Waals surface area contributed by atoms with Gasteiger partial charge in [-0.25, -0.2) is 4.98 Å². The highest BCUT2D eigenvalue weighted by Crippen LogP contribution is 2.36. The molecule has 0 saturated carbocycles. The number of hydrogen-bond acceptors (Lipinski definition) is 6. The maximum atomic E-state index is 6.06. The van der Waals surface area contributed by atoms with Gasteiger partial charge in [-0.3, -0.25) is 4.98 Å². The average Bonchev–Trinajstić information content (AvgIpc) is 2.78. The SMILES string of the molecule is C[C@@H](Oc1cc(B2OC(C)(C)C(C)(C)O2)cnc1N)c1ccccn1. The molecule has 0 spiro atoms. The van der Waals surface area contributed by atoms with Crippen molar-refractivity contribution in [2.75, 3.05) is 5.73 Å². The Kier molecular flexibility index (Phi) is 4.47. The molecular weight excluding hydrogens is 317 g/mol. The molecule has 0 radical (unpaired) electrons. The Morgan fingerprint density at radius 3 is 2.40 bits per heavy atom. The number of nitrogens with zero attached hydrogens (tertiary/aromatic N) is 2. The van der Waals surface area contributed by atoms with Gasteiger partial charge < -0.3 is 19.8 Å². The molecule has 0 bridgehead atoms. The predicted octanol–water partition coefficient (Wildman–Crippen LogP) is 2.50. The van der Waals surface area contributed by atoms with Crippen molar-refractivity contribution < 1.29 is 14.0 Å². The van der Waals surface area contributed by atoms with E-state index < -0.39 is 18.3 Å². The van der Waals surface area contributed by atoms with Crippen molar-refractivity contribution in [1.29, 1.82) is 0 Å². The van der Waals surface area contributed by atoms with E-state index in [-0.39, 0.29) is 6.10 Å². The normalized spacial score (nSPS) is 19.6. The molecule has 6 nitrogen and oxygen atoms in total. The van der Waals surface area contributed by atoms with Crippen molar-refractivity contribution in [3.05, 3.63) is 42.4 Å². The highest BCUT2D eigenvalue weighted by atomic mass is 16.7. The first-order chi connectivity index (χ1) is 11.7. The second kappa shape index (κ2) is 6.31. The average molecular weight is 341 g/mol. The number of hydrogen-bond donors (Lipinski definition) is 1. The zero-order valence-electron chi connectivity index (χ0n) is 15.3. The monoisotopic (exact) mass is 341 g/mol. The molecule has 2 aromatic rings. The Hall–Kier alpha value is -2.12. The highest BCUT2D eigenvalue weighted by Gasteiger charge is 2.52. The number of aromatic nitrogens is 2. The molecule has 0 aromatic carbocycles. The van der Waals surface area contributed by atoms with Gasteiger partial charge in [-0.2, -0.15) is 0 Å². The quantitative estimate of drug-likeness (QED) is 0.861. The summed E-state index contributed by atoms with van der Waals surface area (Å²) in [4.78, 5) is 8.55. The minimum Gasteiger partial charge on any atom is -0.481 e. The van der Waals surface area contributed by atoms with E-state index in [1.807, 2.05) is 58.9 Å². The lowest BCUT2D eigenvalue weighted by Crippen LogP contribution is -2.41. The summed E-state index contributed by atoms with van der Waals surface area (Å²) in [6, 6.07) is 7.52. The van der Waals surface area contributed by atoms with Crippen LogP contribution in [-0.2, 0) is 9.31 Å². The van der Waals surface area contributed by atoms with Gasteiger partial charge in [0.25, 0.3) is 0 Å². The smallest absolute Gasteiger partial charge is 0.481 e. The lowest BCUT2D eigenvalue weighted by molar-refractivity contribution is 0.00578. The summed E-state index contributed by atoms with van der Waals surface area (Å²) < 4.78 is 18.1. The third-order valence-electron chi connectivity index (χ3n) is 4.84. The molecule has 1 aliphatic heterocycles. The largest absolute Gasteiger partial charge is 0.496 e. The van der Waals surface area contributed by atoms with Crippen molar-refractivity contribution in [2.24, 2.45) is 0 Å². The van der Waals surface area contributed by atoms with Crippen molar-refractivity contribution >= 4 is 18.4 Å². The molecule has 0 unspecified atom stereocenters. The van der Waals surface area contributed by atoms with Crippen molar-refractivity contribution in [3.8, 4) is 5.75 Å². The van der Waals surface area contributed by atoms with E-state index >= 15 is 0 Å². The van der Waals surface area contributed by atoms with Gasteiger partial charge in [0.2, 0.25) is 0 Å². The van der Waals surface area contributed by atoms with Gasteiger partial charge in [0.15, 0.2) is 11.6 Å². The summed E-state index contributed by atoms with van der Waals surface area (Å²) in [6.45, 7) is 9.97. The van der Waals surface area contributed by atoms with Gasteiger partial charge in [-0.15, -0.1) is 0 Å². The second-order valence-electron chi connectivity index (χ2n) is 7.25. The van der Waals surface area contributed by atoms with E-state index in [4.69, 9.17) is 19.8 Å². The highest BCUT2D eigenvalue weighted by molar-refractivity contribution is 6.62. The van der Waals surface area contributed by atoms with Gasteiger partial charge in [0, 0.05) is 17.9 Å². The molecule has 132 valence electrons. The predicted molar refractivity (Wildman–Crippen MR) is 97.6 cm³/mol. The molecule has 1 aliphatic rings. The van der Waals surface area contributed by atoms with Gasteiger partial charge in [0.05, 0.1) is 16.9 Å². The van der Waals surface area contributed by atoms with Crippen molar-refractivity contribution in [1.82, 2.24) is 9.97 Å². The number of nitrogens with two attached hydrogens (primary N) is 1. The fraction of sp³-hybridized carbons (Fsp3) is 0.444. The third-order valence-corrected chi connectivity index (χ3v) is 4.84. The zero-order valence-corrected chi connectivity index (χ0v) is 15.3. The number of anilines is 1. The van der Waals surface area contributed by atoms with E-state index in [9.17, 15) is 0 Å². The van der Waals surface area contributed by atoms with Crippen LogP contribution >= 0.6 is 0 Å². The van der Waals surface area contributed by atoms with Crippen LogP contribution in [0, 0.1) is 0 Å². The fourth-order valence-electron chi connectivity index (χ4n) is 2.54. The van der Waals surface area contributed by atoms with Gasteiger partial charge >= 0.3 is 7.12 Å². The summed E-state index contributed by atoms with van der Waals surface area (Å²) in [5.74, 6) is 0.813. The molecule has 1 atom stereocenters. The fourth-order valence-corrected chi connectivity index (χ4v) is 2.54. The van der Waals surface area contributed by atoms with Crippen LogP contribution in [-0.4, -0.2) is 28.3 Å². The van der Waals surface area contributed by atoms with E-state index in [2.05, 4.69) is 9.97 Å². The summed E-state index contributed by atoms with van der Waals surface area (Å²) in [5.41, 5.74) is 6.75. The van der Waals surface area contributed by atoms with E-state index in [0.29, 0.717) is 11.6 Å². The Balaban J connectivity index is 1.82. The number of rotatable bonds is 4. The van der Waals surface area contributed by atoms with Crippen LogP contribution in [0.25, 0.3) is 0 Å². The van der Waals surface area contributed by atoms with Crippen LogP contribution < -0.4 is 15.9 Å². The molecule has 3 rings (SSSR count). The van der Waals surface area contributed by atoms with E-state index in [1.54, 1.807) is 12.4 Å². The van der Waals surface area contributed by atoms with Crippen LogP contribution in [0.3, 0.4) is 0 Å². The molecule has 7 heteroatoms. The summed E-state index contributed by atoms with van der Waals surface area (Å²) in [7, 11) is -0.509. The molecule has 2 N–H and O–H groups in total. The molecule has 1 fully saturated rings. The molecule has 3 heterocycles. The zero-order chi connectivity index (χ0) is 18.2. The second-order valence-corrected chi connectivity index (χ2v) is 7.25. The number of nitrogen functional groups attached to an aromatic ring is 1. The third kappa shape index (κ3) is 3.48. The first-order valence-corrected chi connectivity index (χ1v) is 8.38. The van der Waals surface area contributed by atoms with Crippen molar-refractivity contribution in [2.45, 2.75) is 51.9 Å². The summed E-state index contributed by atoms with van der Waals surface area (Å²) >= 11 is 0. The first kappa shape index (κ1) is 17.7. The van der Waals surface area contributed by atoms with Crippen LogP contribution in [0.1, 0.15) is 46.4 Å². The van der Waals surface area contributed by atoms with Gasteiger partial charge in [0.1, 0.15) is 6.10 Å². The van der Waals surface area contributed by atoms with Crippen molar-refractivity contribution in [3.63, 3.8) is 0 Å². The topological polar surface area (TPSA) is 79.5 Å². The van der Waals surface area contributed by atoms with Crippen LogP contribution in [0.4, 0.5) is 5.82 Å². The van der Waals surface area contributed by atoms with Crippen LogP contribution in [0.5, 0.6) is 5.75 Å². The Bertz CT molecular complexity index is 736. The maximum absolute atomic E-state index is 6.06. The number of pyridine rings is 2. The molecular formula is C18H24BN3O3. The summed E-state index contributed by atoms with van der Waals surface area (Å²) in [5, 5.41) is 0. The lowest BCUT2D eigenvalue weighted by atomic mass is 9.80. The van der Waals surface area contributed by atoms with Gasteiger partial charge in [-0.1, -0.05) is 6.07 Å². The minimum atomic E-state index is -0.509.